The smallest absolute Gasteiger partial charge is 0.269 e. The van der Waals surface area contributed by atoms with Crippen molar-refractivity contribution in [3.63, 3.8) is 0 Å². The van der Waals surface area contributed by atoms with Crippen LogP contribution in [0.3, 0.4) is 0 Å². The Kier molecular flexibility index (Phi) is 5.95. The molecule has 1 saturated carbocycles. The lowest BCUT2D eigenvalue weighted by Gasteiger charge is -2.15. The van der Waals surface area contributed by atoms with Crippen LogP contribution in [0.5, 0.6) is 0 Å². The van der Waals surface area contributed by atoms with Gasteiger partial charge in [0.2, 0.25) is 5.95 Å². The highest BCUT2D eigenvalue weighted by Gasteiger charge is 2.22. The van der Waals surface area contributed by atoms with Crippen LogP contribution in [-0.2, 0) is 13.0 Å². The van der Waals surface area contributed by atoms with E-state index in [1.807, 2.05) is 18.2 Å². The molecule has 9 heteroatoms. The van der Waals surface area contributed by atoms with Crippen molar-refractivity contribution >= 4 is 35.4 Å². The molecule has 0 spiro atoms. The number of nitro groups is 1. The second kappa shape index (κ2) is 9.19. The summed E-state index contributed by atoms with van der Waals surface area (Å²) >= 11 is 4.47. The maximum Gasteiger partial charge on any atom is 0.269 e. The fourth-order valence-electron chi connectivity index (χ4n) is 4.38. The van der Waals surface area contributed by atoms with Crippen LogP contribution in [0.1, 0.15) is 42.5 Å². The van der Waals surface area contributed by atoms with Gasteiger partial charge in [-0.25, -0.2) is 15.0 Å². The van der Waals surface area contributed by atoms with Gasteiger partial charge in [0.1, 0.15) is 5.52 Å². The first-order valence-corrected chi connectivity index (χ1v) is 11.5. The number of thiol groups is 1. The number of nitrogens with zero attached hydrogens (tertiary/aromatic N) is 5. The van der Waals surface area contributed by atoms with Gasteiger partial charge in [-0.2, -0.15) is 0 Å². The van der Waals surface area contributed by atoms with Crippen molar-refractivity contribution in [2.75, 3.05) is 5.32 Å². The van der Waals surface area contributed by atoms with Gasteiger partial charge in [0.25, 0.3) is 5.69 Å². The molecule has 0 aliphatic heterocycles. The van der Waals surface area contributed by atoms with Gasteiger partial charge in [0.05, 0.1) is 17.2 Å². The summed E-state index contributed by atoms with van der Waals surface area (Å²) in [5.41, 5.74) is 4.34. The van der Waals surface area contributed by atoms with Crippen LogP contribution in [-0.4, -0.2) is 30.5 Å². The van der Waals surface area contributed by atoms with E-state index in [2.05, 4.69) is 44.6 Å². The van der Waals surface area contributed by atoms with Gasteiger partial charge in [-0.1, -0.05) is 55.3 Å². The second-order valence-corrected chi connectivity index (χ2v) is 8.78. The molecule has 33 heavy (non-hydrogen) atoms. The third-order valence-electron chi connectivity index (χ3n) is 6.05. The van der Waals surface area contributed by atoms with Crippen molar-refractivity contribution in [3.8, 4) is 0 Å². The summed E-state index contributed by atoms with van der Waals surface area (Å²) < 4.78 is 2.10. The third kappa shape index (κ3) is 4.68. The largest absolute Gasteiger partial charge is 0.353 e. The van der Waals surface area contributed by atoms with Crippen LogP contribution in [0, 0.1) is 10.1 Å². The first-order valence-electron chi connectivity index (χ1n) is 11.1. The Hall–Kier alpha value is -3.46. The van der Waals surface area contributed by atoms with Gasteiger partial charge in [-0.15, -0.1) is 12.6 Å². The topological polar surface area (TPSA) is 98.8 Å². The van der Waals surface area contributed by atoms with Crippen LogP contribution in [0.2, 0.25) is 0 Å². The predicted molar refractivity (Wildman–Crippen MR) is 130 cm³/mol. The molecule has 1 fully saturated rings. The van der Waals surface area contributed by atoms with Crippen LogP contribution in [0.15, 0.2) is 59.8 Å². The lowest BCUT2D eigenvalue weighted by atomic mass is 10.1. The molecule has 8 nitrogen and oxygen atoms in total. The molecule has 2 aromatic carbocycles. The van der Waals surface area contributed by atoms with Crippen LogP contribution in [0.4, 0.5) is 11.6 Å². The molecule has 5 rings (SSSR count). The van der Waals surface area contributed by atoms with Crippen molar-refractivity contribution in [2.24, 2.45) is 0 Å². The summed E-state index contributed by atoms with van der Waals surface area (Å²) in [5.74, 6) is 0.791. The Labute approximate surface area is 196 Å². The van der Waals surface area contributed by atoms with Gasteiger partial charge in [-0.3, -0.25) is 14.7 Å². The summed E-state index contributed by atoms with van der Waals surface area (Å²) in [6.45, 7) is 0.633. The van der Waals surface area contributed by atoms with Gasteiger partial charge in [0, 0.05) is 24.6 Å². The summed E-state index contributed by atoms with van der Waals surface area (Å²) in [6, 6.07) is 17.2. The lowest BCUT2D eigenvalue weighted by Crippen LogP contribution is -2.18. The number of non-ortho nitro benzene ring substituents is 1. The third-order valence-corrected chi connectivity index (χ3v) is 6.25. The molecule has 0 unspecified atom stereocenters. The number of anilines is 1. The zero-order valence-electron chi connectivity index (χ0n) is 18.0. The Morgan fingerprint density at radius 3 is 2.42 bits per heavy atom. The molecule has 1 N–H and O–H groups in total. The molecule has 0 amide bonds. The summed E-state index contributed by atoms with van der Waals surface area (Å²) in [6.07, 6.45) is 5.20. The molecule has 2 heterocycles. The van der Waals surface area contributed by atoms with E-state index in [1.165, 1.54) is 25.0 Å². The maximum absolute atomic E-state index is 11.0. The van der Waals surface area contributed by atoms with Crippen molar-refractivity contribution in [3.05, 3.63) is 81.5 Å². The van der Waals surface area contributed by atoms with Crippen molar-refractivity contribution in [1.29, 1.82) is 0 Å². The summed E-state index contributed by atoms with van der Waals surface area (Å²) in [5, 5.41) is 15.0. The molecule has 2 aromatic heterocycles. The number of fused-ring (bicyclic) bond motifs is 1. The minimum atomic E-state index is -0.398. The number of imidazole rings is 1. The second-order valence-electron chi connectivity index (χ2n) is 8.38. The molecule has 0 atom stereocenters. The monoisotopic (exact) mass is 460 g/mol. The minimum Gasteiger partial charge on any atom is -0.353 e. The number of rotatable bonds is 7. The van der Waals surface area contributed by atoms with E-state index >= 15 is 0 Å². The Morgan fingerprint density at radius 2 is 1.73 bits per heavy atom. The molecule has 0 radical (unpaired) electrons. The molecular weight excluding hydrogens is 436 g/mol. The quantitative estimate of drug-likeness (QED) is 0.174. The maximum atomic E-state index is 11.0. The molecule has 4 aromatic rings. The van der Waals surface area contributed by atoms with E-state index in [0.717, 1.165) is 46.8 Å². The average molecular weight is 461 g/mol. The number of aromatic nitrogens is 4. The minimum absolute atomic E-state index is 0.0663. The first kappa shape index (κ1) is 21.4. The Balaban J connectivity index is 1.56. The lowest BCUT2D eigenvalue weighted by molar-refractivity contribution is -0.384. The number of hydrogen-bond donors (Lipinski definition) is 2. The molecule has 1 aliphatic rings. The van der Waals surface area contributed by atoms with E-state index in [4.69, 9.17) is 4.98 Å². The molecule has 1 aliphatic carbocycles. The van der Waals surface area contributed by atoms with Gasteiger partial charge < -0.3 is 5.32 Å². The molecule has 168 valence electrons. The van der Waals surface area contributed by atoms with Crippen molar-refractivity contribution < 1.29 is 4.92 Å². The fraction of sp³-hybridized carbons (Fsp3) is 0.292. The molecular formula is C24H24N6O2S. The summed E-state index contributed by atoms with van der Waals surface area (Å²) in [4.78, 5) is 24.7. The number of benzene rings is 2. The number of hydrogen-bond acceptors (Lipinski definition) is 7. The SMILES string of the molecule is O=[N+]([O-])c1ccc(Cc2nc(S)nc3c2nc(NC2CCCC2)n3Cc2ccccc2)cc1. The van der Waals surface area contributed by atoms with Gasteiger partial charge >= 0.3 is 0 Å². The fourth-order valence-corrected chi connectivity index (χ4v) is 4.59. The first-order chi connectivity index (χ1) is 16.1. The van der Waals surface area contributed by atoms with E-state index < -0.39 is 4.92 Å². The Morgan fingerprint density at radius 1 is 1.00 bits per heavy atom. The zero-order chi connectivity index (χ0) is 22.8. The average Bonchev–Trinajstić information content (AvgIpc) is 3.44. The van der Waals surface area contributed by atoms with Crippen LogP contribution in [0.25, 0.3) is 11.2 Å². The van der Waals surface area contributed by atoms with Crippen LogP contribution >= 0.6 is 12.6 Å². The van der Waals surface area contributed by atoms with E-state index in [-0.39, 0.29) is 5.69 Å². The molecule has 0 saturated heterocycles. The number of nitrogens with one attached hydrogen (secondary N) is 1. The van der Waals surface area contributed by atoms with Crippen molar-refractivity contribution in [2.45, 2.75) is 49.8 Å². The van der Waals surface area contributed by atoms with E-state index in [9.17, 15) is 10.1 Å². The summed E-state index contributed by atoms with van der Waals surface area (Å²) in [7, 11) is 0. The highest BCUT2D eigenvalue weighted by atomic mass is 32.1. The standard InChI is InChI=1S/C24H24N6O2S/c31-30(32)19-12-10-16(11-13-19)14-20-21-22(28-24(33)26-20)29(15-17-6-2-1-3-7-17)23(27-21)25-18-8-4-5-9-18/h1-3,6-7,10-13,18H,4-5,8-9,14-15H2,(H,25,27)(H,26,28,33). The predicted octanol–water partition coefficient (Wildman–Crippen LogP) is 5.02. The van der Waals surface area contributed by atoms with Crippen LogP contribution < -0.4 is 5.32 Å². The Bertz CT molecular complexity index is 1280. The number of nitro benzene ring substituents is 1. The van der Waals surface area contributed by atoms with Gasteiger partial charge in [-0.05, 0) is 24.0 Å². The van der Waals surface area contributed by atoms with E-state index in [1.54, 1.807) is 12.1 Å². The molecule has 0 bridgehead atoms. The highest BCUT2D eigenvalue weighted by molar-refractivity contribution is 7.80. The van der Waals surface area contributed by atoms with E-state index in [0.29, 0.717) is 24.2 Å². The normalized spacial score (nSPS) is 14.1. The van der Waals surface area contributed by atoms with Crippen molar-refractivity contribution in [1.82, 2.24) is 19.5 Å². The van der Waals surface area contributed by atoms with Gasteiger partial charge in [0.15, 0.2) is 10.8 Å². The zero-order valence-corrected chi connectivity index (χ0v) is 18.9. The highest BCUT2D eigenvalue weighted by Crippen LogP contribution is 2.28.